The molecule has 0 aliphatic carbocycles. The van der Waals surface area contributed by atoms with Gasteiger partial charge in [0.25, 0.3) is 5.56 Å². The van der Waals surface area contributed by atoms with E-state index in [1.807, 2.05) is 16.7 Å². The van der Waals surface area contributed by atoms with Gasteiger partial charge in [-0.3, -0.25) is 9.79 Å². The fourth-order valence-corrected chi connectivity index (χ4v) is 4.41. The smallest absolute Gasteiger partial charge is 0.369 e. The van der Waals surface area contributed by atoms with Crippen molar-refractivity contribution in [1.29, 1.82) is 0 Å². The van der Waals surface area contributed by atoms with E-state index in [2.05, 4.69) is 15.3 Å². The van der Waals surface area contributed by atoms with Gasteiger partial charge in [0.15, 0.2) is 5.49 Å². The number of halogens is 3. The topological polar surface area (TPSA) is 77.1 Å². The maximum absolute atomic E-state index is 13.2. The van der Waals surface area contributed by atoms with Crippen LogP contribution in [-0.4, -0.2) is 25.6 Å². The molecule has 3 aliphatic rings. The highest BCUT2D eigenvalue weighted by Crippen LogP contribution is 2.36. The minimum absolute atomic E-state index is 0.137. The van der Waals surface area contributed by atoms with E-state index in [9.17, 15) is 18.0 Å². The van der Waals surface area contributed by atoms with Crippen LogP contribution in [0.1, 0.15) is 29.9 Å². The van der Waals surface area contributed by atoms with Crippen LogP contribution in [0.2, 0.25) is 0 Å². The number of nitrogens with zero attached hydrogens (tertiary/aromatic N) is 5. The quantitative estimate of drug-likeness (QED) is 0.478. The molecule has 35 heavy (non-hydrogen) atoms. The molecule has 2 aromatic rings. The van der Waals surface area contributed by atoms with Gasteiger partial charge in [0.1, 0.15) is 17.5 Å². The predicted molar refractivity (Wildman–Crippen MR) is 126 cm³/mol. The Kier molecular flexibility index (Phi) is 5.46. The van der Waals surface area contributed by atoms with Gasteiger partial charge >= 0.3 is 6.18 Å². The van der Waals surface area contributed by atoms with E-state index in [1.54, 1.807) is 37.6 Å². The first-order valence-electron chi connectivity index (χ1n) is 11.2. The molecule has 1 unspecified atom stereocenters. The Morgan fingerprint density at radius 3 is 2.63 bits per heavy atom. The predicted octanol–water partition coefficient (Wildman–Crippen LogP) is 4.16. The highest BCUT2D eigenvalue weighted by atomic mass is 19.4. The van der Waals surface area contributed by atoms with E-state index in [0.29, 0.717) is 41.4 Å². The highest BCUT2D eigenvalue weighted by molar-refractivity contribution is 5.80. The third-order valence-electron chi connectivity index (χ3n) is 6.19. The van der Waals surface area contributed by atoms with E-state index >= 15 is 0 Å². The molecule has 0 amide bonds. The highest BCUT2D eigenvalue weighted by Gasteiger charge is 2.31. The summed E-state index contributed by atoms with van der Waals surface area (Å²) in [6.45, 7) is 4.86. The summed E-state index contributed by atoms with van der Waals surface area (Å²) < 4.78 is 43.3. The average Bonchev–Trinajstić information content (AvgIpc) is 3.31. The number of aryl methyl sites for hydroxylation is 1. The number of rotatable bonds is 3. The number of nitrogens with one attached hydrogen (secondary N) is 1. The summed E-state index contributed by atoms with van der Waals surface area (Å²) in [6, 6.07) is 11.6. The van der Waals surface area contributed by atoms with E-state index in [0.717, 1.165) is 29.2 Å². The van der Waals surface area contributed by atoms with Crippen molar-refractivity contribution >= 4 is 5.82 Å². The zero-order valence-electron chi connectivity index (χ0n) is 19.4. The second-order valence-corrected chi connectivity index (χ2v) is 8.55. The molecule has 0 spiro atoms. The van der Waals surface area contributed by atoms with E-state index in [1.165, 1.54) is 12.1 Å². The van der Waals surface area contributed by atoms with Crippen LogP contribution in [0, 0.1) is 6.92 Å². The molecule has 1 aromatic carbocycles. The lowest BCUT2D eigenvalue weighted by molar-refractivity contribution is -0.137. The first-order chi connectivity index (χ1) is 16.6. The van der Waals surface area contributed by atoms with Crippen molar-refractivity contribution in [3.63, 3.8) is 0 Å². The van der Waals surface area contributed by atoms with Crippen molar-refractivity contribution in [2.24, 2.45) is 12.0 Å². The van der Waals surface area contributed by atoms with Crippen molar-refractivity contribution in [2.45, 2.75) is 32.6 Å². The van der Waals surface area contributed by atoms with Crippen LogP contribution in [0.15, 0.2) is 58.3 Å². The Balaban J connectivity index is 1.73. The molecule has 0 saturated heterocycles. The number of alkyl halides is 3. The molecule has 0 bridgehead atoms. The Bertz CT molecular complexity index is 1540. The van der Waals surface area contributed by atoms with Gasteiger partial charge in [-0.1, -0.05) is 18.2 Å². The fourth-order valence-electron chi connectivity index (χ4n) is 4.41. The molecular formula is C25H23F3N6O. The summed E-state index contributed by atoms with van der Waals surface area (Å²) in [4.78, 5) is 26.2. The van der Waals surface area contributed by atoms with Crippen molar-refractivity contribution in [1.82, 2.24) is 19.1 Å². The van der Waals surface area contributed by atoms with E-state index in [-0.39, 0.29) is 5.56 Å². The van der Waals surface area contributed by atoms with Gasteiger partial charge in [-0.05, 0) is 43.7 Å². The fraction of sp³-hybridized carbons (Fsp3) is 0.280. The molecule has 7 nitrogen and oxygen atoms in total. The van der Waals surface area contributed by atoms with Crippen molar-refractivity contribution < 1.29 is 13.2 Å². The molecule has 0 saturated carbocycles. The third-order valence-corrected chi connectivity index (χ3v) is 6.19. The van der Waals surface area contributed by atoms with Crippen LogP contribution in [-0.2, 0) is 19.8 Å². The third kappa shape index (κ3) is 4.09. The second-order valence-electron chi connectivity index (χ2n) is 8.55. The number of hydrogen-bond acceptors (Lipinski definition) is 5. The molecule has 5 rings (SSSR count). The Labute approximate surface area is 199 Å². The van der Waals surface area contributed by atoms with Gasteiger partial charge in [0.2, 0.25) is 0 Å². The molecule has 0 fully saturated rings. The van der Waals surface area contributed by atoms with Gasteiger partial charge in [-0.25, -0.2) is 9.97 Å². The summed E-state index contributed by atoms with van der Waals surface area (Å²) >= 11 is 0. The second kappa shape index (κ2) is 8.37. The van der Waals surface area contributed by atoms with Crippen LogP contribution < -0.4 is 16.4 Å². The number of aromatic nitrogens is 4. The molecular weight excluding hydrogens is 457 g/mol. The molecule has 4 heterocycles. The average molecular weight is 480 g/mol. The van der Waals surface area contributed by atoms with Crippen molar-refractivity contribution in [3.05, 3.63) is 81.3 Å². The molecule has 1 aromatic heterocycles. The van der Waals surface area contributed by atoms with Gasteiger partial charge in [-0.15, -0.1) is 0 Å². The largest absolute Gasteiger partial charge is 0.416 e. The summed E-state index contributed by atoms with van der Waals surface area (Å²) in [7, 11) is 1.71. The zero-order chi connectivity index (χ0) is 24.9. The first-order valence-corrected chi connectivity index (χ1v) is 11.2. The van der Waals surface area contributed by atoms with Gasteiger partial charge in [0, 0.05) is 31.8 Å². The normalized spacial score (nSPS) is 14.7. The van der Waals surface area contributed by atoms with Crippen molar-refractivity contribution in [2.75, 3.05) is 11.9 Å². The minimum Gasteiger partial charge on any atom is -0.369 e. The lowest BCUT2D eigenvalue weighted by atomic mass is 10.0. The van der Waals surface area contributed by atoms with Crippen LogP contribution in [0.5, 0.6) is 0 Å². The maximum Gasteiger partial charge on any atom is 0.416 e. The summed E-state index contributed by atoms with van der Waals surface area (Å²) in [5.41, 5.74) is 2.15. The molecule has 1 atom stereocenters. The standard InChI is InChI=1S/C25H23F3N6O/c1-14(16-6-4-7-17(12-16)25(26,27)28)30-22-19-13-18(20-8-5-9-21(35)33(20)3)23-29-10-11-34(23)24(19)32-15(2)31-22/h4-9,12-14,29H,10-11H2,1-3H3. The van der Waals surface area contributed by atoms with Gasteiger partial charge < -0.3 is 14.5 Å². The van der Waals surface area contributed by atoms with Crippen LogP contribution in [0.4, 0.5) is 19.0 Å². The summed E-state index contributed by atoms with van der Waals surface area (Å²) in [5, 5.41) is 3.38. The van der Waals surface area contributed by atoms with E-state index < -0.39 is 17.8 Å². The first kappa shape index (κ1) is 22.8. The minimum atomic E-state index is -4.43. The Hall–Kier alpha value is -3.95. The zero-order valence-corrected chi connectivity index (χ0v) is 19.4. The molecule has 10 heteroatoms. The molecule has 0 radical (unpaired) electrons. The summed E-state index contributed by atoms with van der Waals surface area (Å²) in [5.74, 6) is 2.03. The van der Waals surface area contributed by atoms with Crippen LogP contribution in [0.3, 0.4) is 0 Å². The Morgan fingerprint density at radius 1 is 1.09 bits per heavy atom. The lowest BCUT2D eigenvalue weighted by Gasteiger charge is -2.19. The lowest BCUT2D eigenvalue weighted by Crippen LogP contribution is -2.22. The number of pyridine rings is 2. The number of hydrogen-bond donors (Lipinski definition) is 1. The van der Waals surface area contributed by atoms with E-state index in [4.69, 9.17) is 4.99 Å². The van der Waals surface area contributed by atoms with Gasteiger partial charge in [0.05, 0.1) is 22.9 Å². The molecule has 3 aliphatic heterocycles. The van der Waals surface area contributed by atoms with Crippen molar-refractivity contribution in [3.8, 4) is 22.6 Å². The summed E-state index contributed by atoms with van der Waals surface area (Å²) in [6.07, 6.45) is -4.43. The number of fused-ring (bicyclic) bond motifs is 3. The molecule has 1 N–H and O–H groups in total. The SMILES string of the molecule is Cc1nc2n3c(c(-c4cccc(=O)n4C)cc-2c(=NC(C)c2cccc(C(F)(F)F)c2)n1)NCC3. The van der Waals surface area contributed by atoms with Crippen LogP contribution >= 0.6 is 0 Å². The molecule has 180 valence electrons. The number of anilines is 1. The monoisotopic (exact) mass is 480 g/mol. The van der Waals surface area contributed by atoms with Gasteiger partial charge in [-0.2, -0.15) is 13.2 Å². The maximum atomic E-state index is 13.2. The number of benzene rings is 1. The Morgan fingerprint density at radius 2 is 1.86 bits per heavy atom. The van der Waals surface area contributed by atoms with Crippen LogP contribution in [0.25, 0.3) is 22.6 Å².